The molecule has 0 radical (unpaired) electrons. The van der Waals surface area contributed by atoms with Gasteiger partial charge in [0.2, 0.25) is 10.0 Å². The van der Waals surface area contributed by atoms with Crippen molar-refractivity contribution >= 4 is 38.9 Å². The van der Waals surface area contributed by atoms with Crippen molar-refractivity contribution in [2.45, 2.75) is 0 Å². The van der Waals surface area contributed by atoms with Crippen LogP contribution in [-0.2, 0) is 10.0 Å². The molecule has 1 aromatic heterocycles. The van der Waals surface area contributed by atoms with Crippen LogP contribution in [0.2, 0.25) is 5.02 Å². The quantitative estimate of drug-likeness (QED) is 0.927. The first-order valence-electron chi connectivity index (χ1n) is 6.24. The van der Waals surface area contributed by atoms with Crippen LogP contribution in [0.4, 0.5) is 11.4 Å². The first-order valence-corrected chi connectivity index (χ1v) is 8.46. The minimum Gasteiger partial charge on any atom is -0.321 e. The lowest BCUT2D eigenvalue weighted by Crippen LogP contribution is -2.25. The van der Waals surface area contributed by atoms with Gasteiger partial charge in [0.05, 0.1) is 34.4 Å². The number of aromatic nitrogens is 1. The molecule has 0 atom stereocenters. The highest BCUT2D eigenvalue weighted by Crippen LogP contribution is 2.25. The molecule has 8 heteroatoms. The number of amides is 1. The lowest BCUT2D eigenvalue weighted by atomic mass is 10.2. The van der Waals surface area contributed by atoms with Crippen LogP contribution in [0, 0.1) is 0 Å². The second-order valence-corrected chi connectivity index (χ2v) is 7.01. The third kappa shape index (κ3) is 3.75. The van der Waals surface area contributed by atoms with Crippen LogP contribution in [-0.4, -0.2) is 32.6 Å². The molecule has 1 N–H and O–H groups in total. The highest BCUT2D eigenvalue weighted by Gasteiger charge is 2.16. The monoisotopic (exact) mass is 339 g/mol. The summed E-state index contributed by atoms with van der Waals surface area (Å²) >= 11 is 6.09. The van der Waals surface area contributed by atoms with Crippen LogP contribution in [0.15, 0.2) is 42.7 Å². The molecule has 0 fully saturated rings. The van der Waals surface area contributed by atoms with Gasteiger partial charge >= 0.3 is 0 Å². The first-order chi connectivity index (χ1) is 10.3. The average molecular weight is 340 g/mol. The van der Waals surface area contributed by atoms with E-state index in [1.54, 1.807) is 18.3 Å². The van der Waals surface area contributed by atoms with E-state index < -0.39 is 15.9 Å². The smallest absolute Gasteiger partial charge is 0.257 e. The number of hydrogen-bond acceptors (Lipinski definition) is 4. The van der Waals surface area contributed by atoms with Crippen molar-refractivity contribution in [3.05, 3.63) is 53.3 Å². The number of carbonyl (C=O) groups is 1. The number of nitrogens with one attached hydrogen (secondary N) is 1. The van der Waals surface area contributed by atoms with Crippen molar-refractivity contribution in [2.24, 2.45) is 0 Å². The molecular weight excluding hydrogens is 326 g/mol. The van der Waals surface area contributed by atoms with E-state index in [-0.39, 0.29) is 10.6 Å². The van der Waals surface area contributed by atoms with Gasteiger partial charge < -0.3 is 5.32 Å². The zero-order valence-electron chi connectivity index (χ0n) is 11.9. The summed E-state index contributed by atoms with van der Waals surface area (Å²) in [6.07, 6.45) is 4.19. The maximum absolute atomic E-state index is 12.2. The van der Waals surface area contributed by atoms with Crippen molar-refractivity contribution in [2.75, 3.05) is 22.9 Å². The second-order valence-electron chi connectivity index (χ2n) is 4.59. The summed E-state index contributed by atoms with van der Waals surface area (Å²) in [6.45, 7) is 0. The fourth-order valence-electron chi connectivity index (χ4n) is 1.71. The van der Waals surface area contributed by atoms with Crippen LogP contribution in [0.5, 0.6) is 0 Å². The number of carbonyl (C=O) groups excluding carboxylic acids is 1. The van der Waals surface area contributed by atoms with E-state index in [0.717, 1.165) is 10.6 Å². The van der Waals surface area contributed by atoms with Crippen LogP contribution < -0.4 is 9.62 Å². The maximum Gasteiger partial charge on any atom is 0.257 e. The van der Waals surface area contributed by atoms with Gasteiger partial charge in [0.15, 0.2) is 0 Å². The number of hydrogen-bond donors (Lipinski definition) is 1. The Morgan fingerprint density at radius 3 is 2.59 bits per heavy atom. The van der Waals surface area contributed by atoms with Gasteiger partial charge in [0, 0.05) is 13.2 Å². The number of sulfonamides is 1. The highest BCUT2D eigenvalue weighted by molar-refractivity contribution is 7.92. The third-order valence-corrected chi connectivity index (χ3v) is 4.50. The van der Waals surface area contributed by atoms with Crippen LogP contribution in [0.25, 0.3) is 0 Å². The van der Waals surface area contributed by atoms with E-state index in [1.807, 2.05) is 0 Å². The van der Waals surface area contributed by atoms with Gasteiger partial charge in [-0.3, -0.25) is 14.1 Å². The summed E-state index contributed by atoms with van der Waals surface area (Å²) in [5, 5.41) is 2.82. The Bertz CT molecular complexity index is 794. The average Bonchev–Trinajstić information content (AvgIpc) is 2.46. The van der Waals surface area contributed by atoms with Crippen molar-refractivity contribution in [1.29, 1.82) is 0 Å². The predicted molar refractivity (Wildman–Crippen MR) is 86.9 cm³/mol. The van der Waals surface area contributed by atoms with E-state index >= 15 is 0 Å². The normalized spacial score (nSPS) is 11.0. The zero-order chi connectivity index (χ0) is 16.3. The van der Waals surface area contributed by atoms with E-state index in [2.05, 4.69) is 10.3 Å². The number of nitrogens with zero attached hydrogens (tertiary/aromatic N) is 2. The first kappa shape index (κ1) is 16.3. The number of rotatable bonds is 4. The standard InChI is InChI=1S/C14H14ClN3O3S/c1-18(22(2,20)21)11-5-6-12(13(15)8-11)14(19)17-10-4-3-7-16-9-10/h3-9H,1-2H3,(H,17,19). The van der Waals surface area contributed by atoms with E-state index in [1.165, 1.54) is 31.4 Å². The van der Waals surface area contributed by atoms with E-state index in [9.17, 15) is 13.2 Å². The molecule has 0 spiro atoms. The molecular formula is C14H14ClN3O3S. The van der Waals surface area contributed by atoms with E-state index in [0.29, 0.717) is 11.4 Å². The van der Waals surface area contributed by atoms with Crippen molar-refractivity contribution in [3.63, 3.8) is 0 Å². The largest absolute Gasteiger partial charge is 0.321 e. The van der Waals surface area contributed by atoms with Crippen molar-refractivity contribution in [1.82, 2.24) is 4.98 Å². The lowest BCUT2D eigenvalue weighted by Gasteiger charge is -2.17. The molecule has 0 unspecified atom stereocenters. The molecule has 1 aromatic carbocycles. The Kier molecular flexibility index (Phi) is 4.68. The van der Waals surface area contributed by atoms with E-state index in [4.69, 9.17) is 11.6 Å². The molecule has 0 saturated heterocycles. The Morgan fingerprint density at radius 1 is 1.32 bits per heavy atom. The number of anilines is 2. The van der Waals surface area contributed by atoms with Crippen LogP contribution >= 0.6 is 11.6 Å². The summed E-state index contributed by atoms with van der Waals surface area (Å²) in [5.41, 5.74) is 1.17. The van der Waals surface area contributed by atoms with Crippen LogP contribution in [0.1, 0.15) is 10.4 Å². The molecule has 2 aromatic rings. The summed E-state index contributed by atoms with van der Waals surface area (Å²) in [5.74, 6) is -0.397. The Labute approximate surface area is 133 Å². The fraction of sp³-hybridized carbons (Fsp3) is 0.143. The molecule has 2 rings (SSSR count). The summed E-state index contributed by atoms with van der Waals surface area (Å²) in [7, 11) is -1.98. The molecule has 0 aliphatic heterocycles. The topological polar surface area (TPSA) is 79.4 Å². The Hall–Kier alpha value is -2.12. The molecule has 0 saturated carbocycles. The van der Waals surface area contributed by atoms with Crippen molar-refractivity contribution < 1.29 is 13.2 Å². The molecule has 116 valence electrons. The van der Waals surface area contributed by atoms with Gasteiger partial charge in [-0.15, -0.1) is 0 Å². The molecule has 0 bridgehead atoms. The van der Waals surface area contributed by atoms with Gasteiger partial charge in [-0.25, -0.2) is 8.42 Å². The predicted octanol–water partition coefficient (Wildman–Crippen LogP) is 2.38. The van der Waals surface area contributed by atoms with Gasteiger partial charge in [-0.05, 0) is 30.3 Å². The SMILES string of the molecule is CN(c1ccc(C(=O)Nc2cccnc2)c(Cl)c1)S(C)(=O)=O. The molecule has 6 nitrogen and oxygen atoms in total. The van der Waals surface area contributed by atoms with Crippen molar-refractivity contribution in [3.8, 4) is 0 Å². The second kappa shape index (κ2) is 6.33. The zero-order valence-corrected chi connectivity index (χ0v) is 13.5. The lowest BCUT2D eigenvalue weighted by molar-refractivity contribution is 0.102. The highest BCUT2D eigenvalue weighted by atomic mass is 35.5. The molecule has 0 aliphatic rings. The van der Waals surface area contributed by atoms with Gasteiger partial charge in [0.1, 0.15) is 0 Å². The Morgan fingerprint density at radius 2 is 2.05 bits per heavy atom. The Balaban J connectivity index is 2.25. The fourth-order valence-corrected chi connectivity index (χ4v) is 2.47. The summed E-state index contributed by atoms with van der Waals surface area (Å²) in [6, 6.07) is 7.82. The van der Waals surface area contributed by atoms with Gasteiger partial charge in [-0.2, -0.15) is 0 Å². The number of benzene rings is 1. The molecule has 1 amide bonds. The summed E-state index contributed by atoms with van der Waals surface area (Å²) in [4.78, 5) is 16.1. The number of halogens is 1. The van der Waals surface area contributed by atoms with Crippen LogP contribution in [0.3, 0.4) is 0 Å². The maximum atomic E-state index is 12.2. The van der Waals surface area contributed by atoms with Gasteiger partial charge in [-0.1, -0.05) is 11.6 Å². The molecule has 0 aliphatic carbocycles. The summed E-state index contributed by atoms with van der Waals surface area (Å²) < 4.78 is 24.1. The molecule has 1 heterocycles. The third-order valence-electron chi connectivity index (χ3n) is 2.98. The molecule has 22 heavy (non-hydrogen) atoms. The minimum atomic E-state index is -3.39. The number of pyridine rings is 1. The minimum absolute atomic E-state index is 0.161. The van der Waals surface area contributed by atoms with Gasteiger partial charge in [0.25, 0.3) is 5.91 Å².